The van der Waals surface area contributed by atoms with Crippen LogP contribution in [0.2, 0.25) is 8.47 Å². The first-order valence-electron chi connectivity index (χ1n) is 27.3. The fraction of sp³-hybridized carbons (Fsp3) is 1.00. The molecule has 0 aliphatic carbocycles. The van der Waals surface area contributed by atoms with Crippen molar-refractivity contribution in [3.05, 3.63) is 0 Å². The van der Waals surface area contributed by atoms with E-state index in [0.717, 1.165) is 4.90 Å². The molecule has 11 heteroatoms. The van der Waals surface area contributed by atoms with Crippen molar-refractivity contribution >= 4 is 0 Å². The topological polar surface area (TPSA) is 124 Å². The van der Waals surface area contributed by atoms with Gasteiger partial charge in [-0.25, -0.2) is 0 Å². The van der Waals surface area contributed by atoms with Crippen molar-refractivity contribution in [1.82, 2.24) is 58.0 Å². The van der Waals surface area contributed by atoms with Crippen LogP contribution in [0.25, 0.3) is 0 Å². The molecule has 37 heavy (non-hydrogen) atoms. The molecule has 0 radical (unpaired) electrons. The minimum atomic E-state index is -4.69. The molecule has 2 unspecified atom stereocenters. The first-order chi connectivity index (χ1) is 30.3. The van der Waals surface area contributed by atoms with Gasteiger partial charge in [0, 0.05) is 164 Å². The molecule has 0 aromatic rings. The van der Waals surface area contributed by atoms with Crippen molar-refractivity contribution in [3.63, 3.8) is 0 Å². The predicted octanol–water partition coefficient (Wildman–Crippen LogP) is -3.25. The second-order valence-corrected chi connectivity index (χ2v) is 7.46. The van der Waals surface area contributed by atoms with Crippen molar-refractivity contribution < 1.29 is 42.7 Å². The zero-order valence-electron chi connectivity index (χ0n) is 51.8. The molecule has 0 aromatic heterocycles. The maximum Gasteiger partial charge on any atom is 0.122 e. The van der Waals surface area contributed by atoms with Crippen LogP contribution in [0.5, 0.6) is 0 Å². The Balaban J connectivity index is 2.68. The van der Waals surface area contributed by atoms with Gasteiger partial charge in [0.25, 0.3) is 0 Å². The average Bonchev–Trinajstić information content (AvgIpc) is 3.71. The Morgan fingerprint density at radius 1 is 0.514 bits per heavy atom. The summed E-state index contributed by atoms with van der Waals surface area (Å²) in [7, 11) is 0. The largest absolute Gasteiger partial charge is 0.315 e. The molecule has 0 spiro atoms. The number of hydrogen-bond acceptors (Lipinski definition) is 11. The zero-order valence-corrected chi connectivity index (χ0v) is 20.8. The molecule has 0 bridgehead atoms. The highest BCUT2D eigenvalue weighted by Gasteiger charge is 2.23. The van der Waals surface area contributed by atoms with Crippen LogP contribution in [0.3, 0.4) is 0 Å². The van der Waals surface area contributed by atoms with Gasteiger partial charge >= 0.3 is 0 Å². The van der Waals surface area contributed by atoms with Gasteiger partial charge in [0.05, 0.1) is 0 Å². The Hall–Kier alpha value is -0.440. The lowest BCUT2D eigenvalue weighted by atomic mass is 10.2. The van der Waals surface area contributed by atoms with E-state index in [1.807, 2.05) is 0 Å². The average molecular weight is 559 g/mol. The molecule has 2 aliphatic rings. The Morgan fingerprint density at radius 3 is 1.62 bits per heavy atom. The summed E-state index contributed by atoms with van der Waals surface area (Å²) in [4.78, 5) is 0.974. The lowest BCUT2D eigenvalue weighted by molar-refractivity contribution is 0.248. The summed E-state index contributed by atoms with van der Waals surface area (Å²) in [6.07, 6.45) is 1.07. The van der Waals surface area contributed by atoms with Crippen molar-refractivity contribution in [2.45, 2.75) is 25.3 Å². The molecule has 0 saturated carbocycles. The van der Waals surface area contributed by atoms with Crippen LogP contribution in [0.1, 0.15) is 53.5 Å². The molecule has 11 nitrogen and oxygen atoms in total. The lowest BCUT2D eigenvalue weighted by Crippen LogP contribution is -2.43. The zero-order chi connectivity index (χ0) is 53.5. The summed E-state index contributed by atoms with van der Waals surface area (Å²) in [5.41, 5.74) is 0. The lowest BCUT2D eigenvalue weighted by Gasteiger charge is -2.25. The van der Waals surface area contributed by atoms with E-state index >= 15 is 0 Å². The molecule has 220 valence electrons. The van der Waals surface area contributed by atoms with Crippen LogP contribution in [-0.4, -0.2) is 154 Å². The number of hydrogen-bond donors (Lipinski definition) is 10. The Labute approximate surface area is 271 Å². The second-order valence-electron chi connectivity index (χ2n) is 7.46. The smallest absolute Gasteiger partial charge is 0.122 e. The summed E-state index contributed by atoms with van der Waals surface area (Å²) < 4.78 is 259. The van der Waals surface area contributed by atoms with Crippen molar-refractivity contribution in [3.8, 4) is 0 Å². The number of nitrogens with zero attached hydrogens (tertiary/aromatic N) is 1. The summed E-state index contributed by atoms with van der Waals surface area (Å²) >= 11 is 0. The molecule has 0 aromatic carbocycles. The molecular weight excluding hydrogens is 466 g/mol. The first-order valence-corrected chi connectivity index (χ1v) is 12.1. The van der Waals surface area contributed by atoms with E-state index in [0.29, 0.717) is 52.0 Å². The molecule has 2 atom stereocenters. The predicted molar refractivity (Wildman–Crippen MR) is 158 cm³/mol. The molecule has 2 rings (SSSR count). The minimum Gasteiger partial charge on any atom is -0.315 e. The highest BCUT2D eigenvalue weighted by atomic mass is 15.2. The maximum atomic E-state index is 8.74. The van der Waals surface area contributed by atoms with Gasteiger partial charge in [0.15, 0.2) is 0 Å². The fourth-order valence-corrected chi connectivity index (χ4v) is 3.15. The Morgan fingerprint density at radius 2 is 1.00 bits per heavy atom. The van der Waals surface area contributed by atoms with Crippen LogP contribution in [0.15, 0.2) is 0 Å². The number of fused-ring (bicyclic) bond motifs is 1. The Bertz CT molecular complexity index is 1630. The number of rotatable bonds is 0. The molecule has 2 aliphatic heterocycles. The first kappa shape index (κ1) is 9.84. The van der Waals surface area contributed by atoms with Gasteiger partial charge in [-0.05, 0) is 38.9 Å². The van der Waals surface area contributed by atoms with Gasteiger partial charge in [0.1, 0.15) is 8.47 Å². The van der Waals surface area contributed by atoms with Crippen LogP contribution in [-0.2, 0) is 0 Å². The highest BCUT2D eigenvalue weighted by molar-refractivity contribution is 4.81. The van der Waals surface area contributed by atoms with E-state index in [4.69, 9.17) is 42.7 Å². The van der Waals surface area contributed by atoms with Crippen LogP contribution < -0.4 is 53.1 Å². The third kappa shape index (κ3) is 20.2. The Kier molecular flexibility index (Phi) is 6.86. The third-order valence-corrected chi connectivity index (χ3v) is 4.82. The van der Waals surface area contributed by atoms with Gasteiger partial charge in [-0.15, -0.1) is 0 Å². The van der Waals surface area contributed by atoms with Crippen molar-refractivity contribution in [2.24, 2.45) is 0 Å². The molecule has 2 saturated heterocycles. The molecule has 0 amide bonds. The molecular formula is C26H61N11. The van der Waals surface area contributed by atoms with Gasteiger partial charge in [-0.1, -0.05) is 0 Å². The van der Waals surface area contributed by atoms with E-state index < -0.39 is 124 Å². The van der Waals surface area contributed by atoms with E-state index in [-0.39, 0.29) is 24.9 Å². The van der Waals surface area contributed by atoms with E-state index in [9.17, 15) is 0 Å². The van der Waals surface area contributed by atoms with Gasteiger partial charge < -0.3 is 53.1 Å². The van der Waals surface area contributed by atoms with Gasteiger partial charge in [-0.3, -0.25) is 4.90 Å². The van der Waals surface area contributed by atoms with E-state index in [1.54, 1.807) is 0 Å². The van der Waals surface area contributed by atoms with Crippen LogP contribution in [0, 0.1) is 0 Å². The van der Waals surface area contributed by atoms with Gasteiger partial charge in [-0.2, -0.15) is 0 Å². The third-order valence-electron chi connectivity index (χ3n) is 4.82. The standard InChI is InChI=1S/C26H61N11/c1-3-26-25-36-21-20-34-9-7-28-5-2-4-27-6-8-29-10-11-30-12-13-31-14-15-32-16-17-33-18-19-35-22-24-37(26)23-1/h26-36H,1-25H2/i8D,10D2,11D2,12D2,13D2,14D2,15D2,16D2,17D2,18D2,19D2,22D2,24D2/hD6. The van der Waals surface area contributed by atoms with Crippen LogP contribution in [0.4, 0.5) is 0 Å². The summed E-state index contributed by atoms with van der Waals surface area (Å²) in [5.74, 6) is 0. The molecule has 2 heterocycles. The van der Waals surface area contributed by atoms with Gasteiger partial charge in [0.2, 0.25) is 0 Å². The van der Waals surface area contributed by atoms with E-state index in [2.05, 4.69) is 21.3 Å². The normalized spacial score (nSPS) is 60.9. The van der Waals surface area contributed by atoms with Crippen molar-refractivity contribution in [2.75, 3.05) is 143 Å². The SMILES string of the molecule is [2H]C1CNCCCNCCNCCNCC2CCCN2C([2H])([2H])C([2H])([2H])N([2H])C([2H])([2H])C([2H])([2H])N([2H])C([2H])([2H])C([2H])([2H])N([2H])C([2H])([2H])C([2H])([2H])N([2H])C([2H])([2H])C([2H])([2H])N([2H])C([2H])([2H])C([2H])([2H])N1[2H]. The van der Waals surface area contributed by atoms with Crippen LogP contribution >= 0.6 is 0 Å². The van der Waals surface area contributed by atoms with E-state index in [1.165, 1.54) is 0 Å². The quantitative estimate of drug-likeness (QED) is 0.147. The maximum absolute atomic E-state index is 8.74. The van der Waals surface area contributed by atoms with Crippen molar-refractivity contribution in [1.29, 1.82) is 0 Å². The summed E-state index contributed by atoms with van der Waals surface area (Å²) in [6.45, 7) is -52.0. The highest BCUT2D eigenvalue weighted by Crippen LogP contribution is 2.15. The molecule has 2 fully saturated rings. The monoisotopic (exact) mass is 559 g/mol. The summed E-state index contributed by atoms with van der Waals surface area (Å²) in [6, 6.07) is -0.748. The number of nitrogens with one attached hydrogen (secondary N) is 10. The molecule has 10 N–H and O–H groups in total. The summed E-state index contributed by atoms with van der Waals surface area (Å²) in [5, 5.41) is 5.95. The second kappa shape index (κ2) is 25.8. The minimum absolute atomic E-state index is 0.0756. The fourth-order valence-electron chi connectivity index (χ4n) is 3.15.